The summed E-state index contributed by atoms with van der Waals surface area (Å²) in [5.41, 5.74) is 1.63. The van der Waals surface area contributed by atoms with Gasteiger partial charge in [0.15, 0.2) is 0 Å². The third-order valence-corrected chi connectivity index (χ3v) is 5.51. The van der Waals surface area contributed by atoms with Crippen molar-refractivity contribution >= 4 is 5.97 Å². The molecular weight excluding hydrogens is 322 g/mol. The second-order valence-electron chi connectivity index (χ2n) is 7.76. The van der Waals surface area contributed by atoms with Gasteiger partial charge in [-0.2, -0.15) is 0 Å². The zero-order valence-electron chi connectivity index (χ0n) is 17.3. The highest BCUT2D eigenvalue weighted by Gasteiger charge is 2.25. The van der Waals surface area contributed by atoms with E-state index in [0.717, 1.165) is 6.42 Å². The Morgan fingerprint density at radius 2 is 1.23 bits per heavy atom. The lowest BCUT2D eigenvalue weighted by Gasteiger charge is -2.39. The predicted molar refractivity (Wildman–Crippen MR) is 111 cm³/mol. The summed E-state index contributed by atoms with van der Waals surface area (Å²) in [4.78, 5) is 10.9. The largest absolute Gasteiger partial charge is 0.478 e. The Morgan fingerprint density at radius 1 is 0.769 bits per heavy atom. The molecule has 3 nitrogen and oxygen atoms in total. The van der Waals surface area contributed by atoms with Gasteiger partial charge in [0.05, 0.1) is 31.7 Å². The van der Waals surface area contributed by atoms with Crippen LogP contribution in [0.4, 0.5) is 0 Å². The van der Waals surface area contributed by atoms with Gasteiger partial charge >= 0.3 is 5.97 Å². The first kappa shape index (κ1) is 22.7. The van der Waals surface area contributed by atoms with Crippen LogP contribution in [0.1, 0.15) is 88.1 Å². The number of aromatic carboxylic acids is 1. The van der Waals surface area contributed by atoms with E-state index in [4.69, 9.17) is 5.11 Å². The molecule has 1 aromatic carbocycles. The average Bonchev–Trinajstić information content (AvgIpc) is 2.66. The number of hydrogen-bond acceptors (Lipinski definition) is 1. The van der Waals surface area contributed by atoms with Crippen LogP contribution in [0.15, 0.2) is 24.3 Å². The summed E-state index contributed by atoms with van der Waals surface area (Å²) in [6.45, 7) is 12.2. The molecule has 0 aliphatic carbocycles. The van der Waals surface area contributed by atoms with Gasteiger partial charge in [-0.1, -0.05) is 52.2 Å². The second kappa shape index (κ2) is 12.9. The molecule has 0 atom stereocenters. The lowest BCUT2D eigenvalue weighted by molar-refractivity contribution is -0.929. The van der Waals surface area contributed by atoms with Crippen molar-refractivity contribution in [2.24, 2.45) is 0 Å². The Bertz CT molecular complexity index is 474. The van der Waals surface area contributed by atoms with Crippen LogP contribution in [0.2, 0.25) is 0 Å². The number of rotatable bonds is 15. The number of benzene rings is 1. The molecule has 0 aliphatic heterocycles. The van der Waals surface area contributed by atoms with E-state index in [9.17, 15) is 4.79 Å². The number of nitrogens with zero attached hydrogens (tertiary/aromatic N) is 1. The number of unbranched alkanes of at least 4 members (excludes halogenated alkanes) is 4. The summed E-state index contributed by atoms with van der Waals surface area (Å²) >= 11 is 0. The van der Waals surface area contributed by atoms with Crippen molar-refractivity contribution in [1.29, 1.82) is 0 Å². The van der Waals surface area contributed by atoms with E-state index in [1.807, 2.05) is 12.1 Å². The van der Waals surface area contributed by atoms with Gasteiger partial charge in [-0.15, -0.1) is 0 Å². The van der Waals surface area contributed by atoms with E-state index in [-0.39, 0.29) is 0 Å². The van der Waals surface area contributed by atoms with E-state index < -0.39 is 5.97 Å². The topological polar surface area (TPSA) is 37.3 Å². The van der Waals surface area contributed by atoms with Crippen molar-refractivity contribution in [2.45, 2.75) is 78.6 Å². The van der Waals surface area contributed by atoms with Crippen LogP contribution in [-0.2, 0) is 6.42 Å². The van der Waals surface area contributed by atoms with Gasteiger partial charge in [0.1, 0.15) is 0 Å². The van der Waals surface area contributed by atoms with Gasteiger partial charge in [-0.3, -0.25) is 0 Å². The highest BCUT2D eigenvalue weighted by molar-refractivity contribution is 5.87. The molecule has 1 N–H and O–H groups in total. The smallest absolute Gasteiger partial charge is 0.335 e. The molecule has 0 saturated heterocycles. The van der Waals surface area contributed by atoms with E-state index in [0.29, 0.717) is 5.56 Å². The summed E-state index contributed by atoms with van der Waals surface area (Å²) in [7, 11) is 0. The quantitative estimate of drug-likeness (QED) is 0.310. The number of carboxylic acid groups (broad SMARTS) is 1. The zero-order valence-corrected chi connectivity index (χ0v) is 17.3. The van der Waals surface area contributed by atoms with Gasteiger partial charge in [0.2, 0.25) is 0 Å². The summed E-state index contributed by atoms with van der Waals surface area (Å²) in [5.74, 6) is -0.846. The Labute approximate surface area is 161 Å². The number of carboxylic acids is 1. The first-order chi connectivity index (χ1) is 12.6. The minimum atomic E-state index is -0.846. The van der Waals surface area contributed by atoms with Crippen molar-refractivity contribution < 1.29 is 14.4 Å². The molecule has 0 fully saturated rings. The molecule has 0 amide bonds. The molecule has 0 spiro atoms. The molecule has 0 bridgehead atoms. The number of aryl methyl sites for hydroxylation is 1. The van der Waals surface area contributed by atoms with Crippen LogP contribution < -0.4 is 0 Å². The molecule has 0 saturated carbocycles. The van der Waals surface area contributed by atoms with E-state index in [1.54, 1.807) is 12.1 Å². The van der Waals surface area contributed by atoms with Gasteiger partial charge in [0, 0.05) is 0 Å². The van der Waals surface area contributed by atoms with Gasteiger partial charge in [0.25, 0.3) is 0 Å². The molecule has 0 radical (unpaired) electrons. The lowest BCUT2D eigenvalue weighted by atomic mass is 10.0. The second-order valence-corrected chi connectivity index (χ2v) is 7.76. The highest BCUT2D eigenvalue weighted by atomic mass is 16.4. The van der Waals surface area contributed by atoms with E-state index in [1.165, 1.54) is 87.6 Å². The first-order valence-corrected chi connectivity index (χ1v) is 10.7. The molecule has 0 heterocycles. The molecule has 3 heteroatoms. The molecular formula is C23H40NO2+. The van der Waals surface area contributed by atoms with E-state index >= 15 is 0 Å². The average molecular weight is 363 g/mol. The molecule has 0 unspecified atom stereocenters. The zero-order chi connectivity index (χ0) is 19.3. The fraction of sp³-hybridized carbons (Fsp3) is 0.696. The van der Waals surface area contributed by atoms with Crippen LogP contribution in [0.25, 0.3) is 0 Å². The summed E-state index contributed by atoms with van der Waals surface area (Å²) in [6, 6.07) is 7.39. The summed E-state index contributed by atoms with van der Waals surface area (Å²) in [6.07, 6.45) is 11.4. The molecule has 1 aromatic rings. The standard InChI is InChI=1S/C23H39NO2/c1-4-7-17-24(18-8-5-2,19-9-6-3)20-11-10-12-21-13-15-22(16-14-21)23(25)26/h13-16H,4-12,17-20H2,1-3H3/p+1. The molecule has 0 aromatic heterocycles. The van der Waals surface area contributed by atoms with Crippen molar-refractivity contribution in [3.8, 4) is 0 Å². The van der Waals surface area contributed by atoms with Crippen LogP contribution in [0.3, 0.4) is 0 Å². The lowest BCUT2D eigenvalue weighted by Crippen LogP contribution is -2.50. The Balaban J connectivity index is 2.55. The van der Waals surface area contributed by atoms with Crippen LogP contribution in [0, 0.1) is 0 Å². The number of hydrogen-bond donors (Lipinski definition) is 1. The maximum Gasteiger partial charge on any atom is 0.335 e. The third kappa shape index (κ3) is 8.35. The molecule has 1 rings (SSSR count). The van der Waals surface area contributed by atoms with Gasteiger partial charge < -0.3 is 9.59 Å². The van der Waals surface area contributed by atoms with Crippen molar-refractivity contribution in [1.82, 2.24) is 0 Å². The minimum absolute atomic E-state index is 0.378. The monoisotopic (exact) mass is 362 g/mol. The normalized spacial score (nSPS) is 11.7. The van der Waals surface area contributed by atoms with Gasteiger partial charge in [-0.25, -0.2) is 4.79 Å². The highest BCUT2D eigenvalue weighted by Crippen LogP contribution is 2.17. The summed E-state index contributed by atoms with van der Waals surface area (Å²) in [5, 5.41) is 8.99. The van der Waals surface area contributed by atoms with Crippen molar-refractivity contribution in [2.75, 3.05) is 26.2 Å². The summed E-state index contributed by atoms with van der Waals surface area (Å²) < 4.78 is 1.31. The Hall–Kier alpha value is -1.35. The van der Waals surface area contributed by atoms with Gasteiger partial charge in [-0.05, 0) is 56.2 Å². The molecule has 26 heavy (non-hydrogen) atoms. The van der Waals surface area contributed by atoms with Crippen LogP contribution in [-0.4, -0.2) is 41.7 Å². The fourth-order valence-corrected chi connectivity index (χ4v) is 3.74. The Morgan fingerprint density at radius 3 is 1.65 bits per heavy atom. The maximum absolute atomic E-state index is 10.9. The number of quaternary nitrogens is 1. The fourth-order valence-electron chi connectivity index (χ4n) is 3.74. The SMILES string of the molecule is CCCC[N+](CCCC)(CCCC)CCCCc1ccc(C(=O)O)cc1. The molecule has 0 aliphatic rings. The predicted octanol–water partition coefficient (Wildman–Crippen LogP) is 5.92. The first-order valence-electron chi connectivity index (χ1n) is 10.7. The van der Waals surface area contributed by atoms with Crippen molar-refractivity contribution in [3.63, 3.8) is 0 Å². The number of carbonyl (C=O) groups is 1. The minimum Gasteiger partial charge on any atom is -0.478 e. The molecule has 148 valence electrons. The van der Waals surface area contributed by atoms with E-state index in [2.05, 4.69) is 20.8 Å². The van der Waals surface area contributed by atoms with Crippen LogP contribution in [0.5, 0.6) is 0 Å². The third-order valence-electron chi connectivity index (χ3n) is 5.51. The Kier molecular flexibility index (Phi) is 11.3. The van der Waals surface area contributed by atoms with Crippen molar-refractivity contribution in [3.05, 3.63) is 35.4 Å². The maximum atomic E-state index is 10.9. The van der Waals surface area contributed by atoms with Crippen LogP contribution >= 0.6 is 0 Å².